The Balaban J connectivity index is 1.40. The quantitative estimate of drug-likeness (QED) is 0.433. The van der Waals surface area contributed by atoms with E-state index in [1.807, 2.05) is 0 Å². The number of sulfonamides is 1. The van der Waals surface area contributed by atoms with Gasteiger partial charge in [-0.1, -0.05) is 24.1 Å². The number of amides is 3. The zero-order chi connectivity index (χ0) is 28.2. The first-order chi connectivity index (χ1) is 18.6. The predicted molar refractivity (Wildman–Crippen MR) is 149 cm³/mol. The third-order valence-corrected chi connectivity index (χ3v) is 9.47. The zero-order valence-electron chi connectivity index (χ0n) is 21.4. The molecule has 10 nitrogen and oxygen atoms in total. The van der Waals surface area contributed by atoms with Gasteiger partial charge < -0.3 is 14.8 Å². The first-order valence-electron chi connectivity index (χ1n) is 12.2. The molecule has 0 atom stereocenters. The van der Waals surface area contributed by atoms with Crippen molar-refractivity contribution in [2.75, 3.05) is 40.4 Å². The van der Waals surface area contributed by atoms with Gasteiger partial charge in [0.05, 0.1) is 34.6 Å². The van der Waals surface area contributed by atoms with Crippen LogP contribution in [0.3, 0.4) is 0 Å². The van der Waals surface area contributed by atoms with Crippen molar-refractivity contribution in [1.82, 2.24) is 14.5 Å². The maximum absolute atomic E-state index is 13.0. The van der Waals surface area contributed by atoms with Crippen molar-refractivity contribution in [3.05, 3.63) is 57.5 Å². The second-order valence-corrected chi connectivity index (χ2v) is 12.1. The summed E-state index contributed by atoms with van der Waals surface area (Å²) in [6.45, 7) is 0.763. The first kappa shape index (κ1) is 28.9. The van der Waals surface area contributed by atoms with Crippen LogP contribution in [-0.4, -0.2) is 75.1 Å². The van der Waals surface area contributed by atoms with E-state index in [1.54, 1.807) is 24.3 Å². The van der Waals surface area contributed by atoms with E-state index in [4.69, 9.17) is 21.1 Å². The van der Waals surface area contributed by atoms with Gasteiger partial charge in [-0.05, 0) is 66.6 Å². The van der Waals surface area contributed by atoms with Crippen molar-refractivity contribution in [3.63, 3.8) is 0 Å². The third kappa shape index (κ3) is 6.40. The molecule has 2 aromatic carbocycles. The number of piperidine rings is 1. The highest BCUT2D eigenvalue weighted by atomic mass is 35.5. The number of thioether (sulfide) groups is 1. The van der Waals surface area contributed by atoms with Crippen LogP contribution in [0.1, 0.15) is 35.2 Å². The normalized spacial score (nSPS) is 17.5. The van der Waals surface area contributed by atoms with E-state index in [0.717, 1.165) is 35.9 Å². The number of hydrogen-bond acceptors (Lipinski definition) is 8. The Kier molecular flexibility index (Phi) is 9.21. The lowest BCUT2D eigenvalue weighted by molar-refractivity contribution is -0.122. The van der Waals surface area contributed by atoms with E-state index in [2.05, 4.69) is 5.32 Å². The number of halogens is 1. The van der Waals surface area contributed by atoms with Gasteiger partial charge in [0.1, 0.15) is 0 Å². The molecule has 1 N–H and O–H groups in total. The highest BCUT2D eigenvalue weighted by Gasteiger charge is 2.35. The molecule has 208 valence electrons. The smallest absolute Gasteiger partial charge is 0.293 e. The Bertz CT molecular complexity index is 1420. The number of hydrogen-bond donors (Lipinski definition) is 1. The number of nitrogens with one attached hydrogen (secondary N) is 1. The van der Waals surface area contributed by atoms with Crippen LogP contribution in [0, 0.1) is 0 Å². The second-order valence-electron chi connectivity index (χ2n) is 8.81. The summed E-state index contributed by atoms with van der Waals surface area (Å²) in [5.41, 5.74) is 0.651. The molecule has 0 aromatic heterocycles. The first-order valence-corrected chi connectivity index (χ1v) is 14.8. The molecular formula is C26H28ClN3O7S2. The lowest BCUT2D eigenvalue weighted by Crippen LogP contribution is -2.37. The molecule has 2 aliphatic rings. The predicted octanol–water partition coefficient (Wildman–Crippen LogP) is 4.00. The molecule has 2 heterocycles. The molecule has 3 amide bonds. The fourth-order valence-electron chi connectivity index (χ4n) is 4.26. The van der Waals surface area contributed by atoms with Gasteiger partial charge in [-0.25, -0.2) is 8.42 Å². The molecule has 13 heteroatoms. The van der Waals surface area contributed by atoms with Crippen LogP contribution in [0.25, 0.3) is 6.08 Å². The topological polar surface area (TPSA) is 122 Å². The molecule has 4 rings (SSSR count). The van der Waals surface area contributed by atoms with Crippen LogP contribution in [-0.2, 0) is 14.8 Å². The van der Waals surface area contributed by atoms with Gasteiger partial charge in [0.25, 0.3) is 17.1 Å². The number of imide groups is 1. The van der Waals surface area contributed by atoms with E-state index >= 15 is 0 Å². The summed E-state index contributed by atoms with van der Waals surface area (Å²) in [7, 11) is -0.732. The Hall–Kier alpha value is -3.06. The number of carbonyl (C=O) groups is 3. The van der Waals surface area contributed by atoms with E-state index in [1.165, 1.54) is 36.7 Å². The molecule has 0 bridgehead atoms. The Labute approximate surface area is 236 Å². The number of methoxy groups -OCH3 is 2. The minimum absolute atomic E-state index is 0.00256. The molecule has 2 fully saturated rings. The third-order valence-electron chi connectivity index (χ3n) is 6.34. The molecule has 0 spiro atoms. The lowest BCUT2D eigenvalue weighted by Gasteiger charge is -2.26. The molecule has 2 aromatic rings. The Morgan fingerprint density at radius 3 is 2.46 bits per heavy atom. The van der Waals surface area contributed by atoms with Crippen LogP contribution < -0.4 is 14.8 Å². The van der Waals surface area contributed by atoms with Crippen LogP contribution >= 0.6 is 23.4 Å². The number of benzene rings is 2. The fourth-order valence-corrected chi connectivity index (χ4v) is 6.87. The molecule has 0 radical (unpaired) electrons. The van der Waals surface area contributed by atoms with Crippen LogP contribution in [0.2, 0.25) is 5.02 Å². The van der Waals surface area contributed by atoms with E-state index in [-0.39, 0.29) is 33.5 Å². The molecule has 0 saturated carbocycles. The molecule has 39 heavy (non-hydrogen) atoms. The van der Waals surface area contributed by atoms with E-state index in [9.17, 15) is 22.8 Å². The van der Waals surface area contributed by atoms with Gasteiger partial charge in [-0.2, -0.15) is 4.31 Å². The Morgan fingerprint density at radius 1 is 1.05 bits per heavy atom. The van der Waals surface area contributed by atoms with Crippen molar-refractivity contribution >= 4 is 56.5 Å². The monoisotopic (exact) mass is 593 g/mol. The average Bonchev–Trinajstić information content (AvgIpc) is 3.20. The number of nitrogens with zero attached hydrogens (tertiary/aromatic N) is 2. The number of rotatable bonds is 9. The van der Waals surface area contributed by atoms with Gasteiger partial charge in [0, 0.05) is 26.2 Å². The molecule has 2 saturated heterocycles. The summed E-state index contributed by atoms with van der Waals surface area (Å²) in [4.78, 5) is 39.5. The lowest BCUT2D eigenvalue weighted by atomic mass is 10.2. The zero-order valence-corrected chi connectivity index (χ0v) is 23.8. The molecule has 2 aliphatic heterocycles. The summed E-state index contributed by atoms with van der Waals surface area (Å²) < 4.78 is 37.9. The van der Waals surface area contributed by atoms with Crippen molar-refractivity contribution < 1.29 is 32.3 Å². The maximum Gasteiger partial charge on any atom is 0.293 e. The Morgan fingerprint density at radius 2 is 1.77 bits per heavy atom. The minimum Gasteiger partial charge on any atom is -0.493 e. The highest BCUT2D eigenvalue weighted by Crippen LogP contribution is 2.34. The molecule has 0 unspecified atom stereocenters. The molecular weight excluding hydrogens is 566 g/mol. The van der Waals surface area contributed by atoms with E-state index < -0.39 is 27.1 Å². The summed E-state index contributed by atoms with van der Waals surface area (Å²) in [5.74, 6) is -0.0712. The number of carbonyl (C=O) groups excluding carboxylic acids is 3. The maximum atomic E-state index is 13.0. The van der Waals surface area contributed by atoms with Crippen LogP contribution in [0.4, 0.5) is 4.79 Å². The standard InChI is InChI=1S/C26H28ClN3O7S2/c1-36-21-9-6-17(14-22(21)37-2)15-23-25(32)30(26(33)38-23)13-10-28-24(31)19-16-18(7-8-20(19)27)39(34,35)29-11-4-3-5-12-29/h6-9,14-16H,3-5,10-13H2,1-2H3,(H,28,31)/b23-15+. The summed E-state index contributed by atoms with van der Waals surface area (Å²) in [6.07, 6.45) is 4.14. The van der Waals surface area contributed by atoms with Gasteiger partial charge >= 0.3 is 0 Å². The van der Waals surface area contributed by atoms with Gasteiger partial charge in [0.15, 0.2) is 11.5 Å². The molecule has 0 aliphatic carbocycles. The fraction of sp³-hybridized carbons (Fsp3) is 0.346. The second kappa shape index (κ2) is 12.4. The summed E-state index contributed by atoms with van der Waals surface area (Å²) in [5, 5.41) is 2.25. The SMILES string of the molecule is COc1ccc(/C=C2/SC(=O)N(CCNC(=O)c3cc(S(=O)(=O)N4CCCCC4)ccc3Cl)C2=O)cc1OC. The van der Waals surface area contributed by atoms with Gasteiger partial charge in [0.2, 0.25) is 10.0 Å². The van der Waals surface area contributed by atoms with E-state index in [0.29, 0.717) is 30.2 Å². The van der Waals surface area contributed by atoms with Crippen LogP contribution in [0.15, 0.2) is 46.2 Å². The van der Waals surface area contributed by atoms with Crippen LogP contribution in [0.5, 0.6) is 11.5 Å². The highest BCUT2D eigenvalue weighted by molar-refractivity contribution is 8.18. The van der Waals surface area contributed by atoms with Crippen molar-refractivity contribution in [2.24, 2.45) is 0 Å². The van der Waals surface area contributed by atoms with Crippen molar-refractivity contribution in [1.29, 1.82) is 0 Å². The van der Waals surface area contributed by atoms with Crippen molar-refractivity contribution in [2.45, 2.75) is 24.2 Å². The number of ether oxygens (including phenoxy) is 2. The summed E-state index contributed by atoms with van der Waals surface area (Å²) in [6, 6.07) is 9.14. The average molecular weight is 594 g/mol. The minimum atomic E-state index is -3.75. The summed E-state index contributed by atoms with van der Waals surface area (Å²) >= 11 is 7.00. The van der Waals surface area contributed by atoms with Crippen molar-refractivity contribution in [3.8, 4) is 11.5 Å². The van der Waals surface area contributed by atoms with Gasteiger partial charge in [-0.3, -0.25) is 19.3 Å². The largest absolute Gasteiger partial charge is 0.493 e. The van der Waals surface area contributed by atoms with Gasteiger partial charge in [-0.15, -0.1) is 0 Å².